The summed E-state index contributed by atoms with van der Waals surface area (Å²) >= 11 is 0. The average Bonchev–Trinajstić information content (AvgIpc) is 1.94. The van der Waals surface area contributed by atoms with Gasteiger partial charge < -0.3 is 0 Å². The molecular formula is C13H26. The van der Waals surface area contributed by atoms with Gasteiger partial charge in [0.2, 0.25) is 0 Å². The van der Waals surface area contributed by atoms with E-state index in [-0.39, 0.29) is 0 Å². The van der Waals surface area contributed by atoms with Crippen LogP contribution in [0.15, 0.2) is 0 Å². The van der Waals surface area contributed by atoms with Crippen LogP contribution in [0.2, 0.25) is 0 Å². The molecule has 1 aliphatic carbocycles. The highest BCUT2D eigenvalue weighted by Gasteiger charge is 2.43. The maximum atomic E-state index is 2.45. The van der Waals surface area contributed by atoms with Crippen LogP contribution in [-0.4, -0.2) is 0 Å². The van der Waals surface area contributed by atoms with Gasteiger partial charge in [0.25, 0.3) is 0 Å². The van der Waals surface area contributed by atoms with E-state index in [1.165, 1.54) is 19.3 Å². The summed E-state index contributed by atoms with van der Waals surface area (Å²) in [5, 5.41) is 0. The molecule has 0 heteroatoms. The third-order valence-electron chi connectivity index (χ3n) is 4.48. The van der Waals surface area contributed by atoms with Crippen molar-refractivity contribution in [2.24, 2.45) is 22.7 Å². The van der Waals surface area contributed by atoms with Gasteiger partial charge in [0.15, 0.2) is 0 Å². The smallest absolute Gasteiger partial charge is 0.0321 e. The highest BCUT2D eigenvalue weighted by atomic mass is 14.5. The van der Waals surface area contributed by atoms with Gasteiger partial charge in [0, 0.05) is 0 Å². The van der Waals surface area contributed by atoms with E-state index in [0.717, 1.165) is 11.8 Å². The highest BCUT2D eigenvalue weighted by Crippen LogP contribution is 2.52. The molecule has 0 saturated heterocycles. The topological polar surface area (TPSA) is 0 Å². The zero-order valence-corrected chi connectivity index (χ0v) is 10.3. The normalized spacial score (nSPS) is 37.4. The zero-order valence-electron chi connectivity index (χ0n) is 10.3. The Morgan fingerprint density at radius 1 is 1.08 bits per heavy atom. The van der Waals surface area contributed by atoms with E-state index >= 15 is 0 Å². The Kier molecular flexibility index (Phi) is 2.81. The van der Waals surface area contributed by atoms with Crippen LogP contribution in [0.1, 0.15) is 60.8 Å². The van der Waals surface area contributed by atoms with Crippen molar-refractivity contribution < 1.29 is 0 Å². The molecule has 78 valence electrons. The van der Waals surface area contributed by atoms with Gasteiger partial charge in [-0.2, -0.15) is 0 Å². The maximum absolute atomic E-state index is 2.45. The summed E-state index contributed by atoms with van der Waals surface area (Å²) in [6.45, 7) is 14.6. The van der Waals surface area contributed by atoms with Gasteiger partial charge in [-0.15, -0.1) is 0 Å². The van der Waals surface area contributed by atoms with Crippen LogP contribution in [0, 0.1) is 22.7 Å². The van der Waals surface area contributed by atoms with Gasteiger partial charge in [-0.25, -0.2) is 0 Å². The molecule has 0 aromatic rings. The Morgan fingerprint density at radius 3 is 2.08 bits per heavy atom. The SMILES string of the molecule is CCC1CC(C)C(C)(C)CC1(C)C. The minimum absolute atomic E-state index is 0.551. The van der Waals surface area contributed by atoms with Gasteiger partial charge >= 0.3 is 0 Å². The molecule has 0 aromatic carbocycles. The first-order chi connectivity index (χ1) is 5.79. The molecule has 0 N–H and O–H groups in total. The molecule has 0 heterocycles. The quantitative estimate of drug-likeness (QED) is 0.560. The van der Waals surface area contributed by atoms with Gasteiger partial charge in [-0.1, -0.05) is 48.0 Å². The molecule has 0 amide bonds. The van der Waals surface area contributed by atoms with E-state index in [9.17, 15) is 0 Å². The predicted octanol–water partition coefficient (Wildman–Crippen LogP) is 4.49. The molecule has 0 radical (unpaired) electrons. The lowest BCUT2D eigenvalue weighted by Crippen LogP contribution is -2.40. The van der Waals surface area contributed by atoms with Crippen LogP contribution >= 0.6 is 0 Å². The Bertz CT molecular complexity index is 176. The molecule has 1 aliphatic rings. The molecule has 0 spiro atoms. The molecule has 1 rings (SSSR count). The Hall–Kier alpha value is 0. The molecular weight excluding hydrogens is 156 g/mol. The fraction of sp³-hybridized carbons (Fsp3) is 1.00. The van der Waals surface area contributed by atoms with Gasteiger partial charge in [-0.05, 0) is 35.5 Å². The third kappa shape index (κ3) is 2.08. The third-order valence-corrected chi connectivity index (χ3v) is 4.48. The monoisotopic (exact) mass is 182 g/mol. The zero-order chi connectivity index (χ0) is 10.3. The minimum Gasteiger partial charge on any atom is -0.0651 e. The first-order valence-corrected chi connectivity index (χ1v) is 5.79. The molecule has 0 bridgehead atoms. The van der Waals surface area contributed by atoms with Crippen molar-refractivity contribution in [3.8, 4) is 0 Å². The summed E-state index contributed by atoms with van der Waals surface area (Å²) in [7, 11) is 0. The van der Waals surface area contributed by atoms with Gasteiger partial charge in [0.1, 0.15) is 0 Å². The largest absolute Gasteiger partial charge is 0.0651 e. The van der Waals surface area contributed by atoms with Gasteiger partial charge in [0.05, 0.1) is 0 Å². The molecule has 0 aliphatic heterocycles. The Balaban J connectivity index is 2.79. The summed E-state index contributed by atoms with van der Waals surface area (Å²) in [5.74, 6) is 1.83. The van der Waals surface area contributed by atoms with Crippen LogP contribution in [0.25, 0.3) is 0 Å². The highest BCUT2D eigenvalue weighted by molar-refractivity contribution is 4.93. The van der Waals surface area contributed by atoms with Crippen molar-refractivity contribution in [3.63, 3.8) is 0 Å². The molecule has 13 heavy (non-hydrogen) atoms. The number of rotatable bonds is 1. The molecule has 0 nitrogen and oxygen atoms in total. The second-order valence-corrected chi connectivity index (χ2v) is 6.40. The summed E-state index contributed by atoms with van der Waals surface area (Å²) in [4.78, 5) is 0. The number of hydrogen-bond donors (Lipinski definition) is 0. The predicted molar refractivity (Wildman–Crippen MR) is 59.7 cm³/mol. The molecule has 2 atom stereocenters. The van der Waals surface area contributed by atoms with E-state index in [1.807, 2.05) is 0 Å². The van der Waals surface area contributed by atoms with E-state index in [1.54, 1.807) is 0 Å². The van der Waals surface area contributed by atoms with Crippen LogP contribution in [0.5, 0.6) is 0 Å². The van der Waals surface area contributed by atoms with Crippen LogP contribution in [0.4, 0.5) is 0 Å². The van der Waals surface area contributed by atoms with Crippen LogP contribution < -0.4 is 0 Å². The average molecular weight is 182 g/mol. The summed E-state index contributed by atoms with van der Waals surface area (Å²) in [6.07, 6.45) is 4.17. The van der Waals surface area contributed by atoms with Gasteiger partial charge in [-0.3, -0.25) is 0 Å². The number of hydrogen-bond acceptors (Lipinski definition) is 0. The lowest BCUT2D eigenvalue weighted by Gasteiger charge is -2.50. The molecule has 0 aromatic heterocycles. The second-order valence-electron chi connectivity index (χ2n) is 6.40. The van der Waals surface area contributed by atoms with Crippen molar-refractivity contribution >= 4 is 0 Å². The van der Waals surface area contributed by atoms with Crippen molar-refractivity contribution in [1.82, 2.24) is 0 Å². The fourth-order valence-corrected chi connectivity index (χ4v) is 3.28. The summed E-state index contributed by atoms with van der Waals surface area (Å²) in [6, 6.07) is 0. The minimum atomic E-state index is 0.551. The first-order valence-electron chi connectivity index (χ1n) is 5.79. The molecule has 2 unspecified atom stereocenters. The van der Waals surface area contributed by atoms with E-state index in [2.05, 4.69) is 41.5 Å². The molecule has 1 saturated carbocycles. The Labute approximate surface area is 84.1 Å². The lowest BCUT2D eigenvalue weighted by atomic mass is 9.55. The van der Waals surface area contributed by atoms with E-state index in [4.69, 9.17) is 0 Å². The van der Waals surface area contributed by atoms with Crippen molar-refractivity contribution in [2.75, 3.05) is 0 Å². The second kappa shape index (κ2) is 3.29. The van der Waals surface area contributed by atoms with Crippen molar-refractivity contribution in [3.05, 3.63) is 0 Å². The summed E-state index contributed by atoms with van der Waals surface area (Å²) in [5.41, 5.74) is 1.11. The first kappa shape index (κ1) is 11.1. The molecule has 1 fully saturated rings. The fourth-order valence-electron chi connectivity index (χ4n) is 3.28. The summed E-state index contributed by atoms with van der Waals surface area (Å²) < 4.78 is 0. The lowest BCUT2D eigenvalue weighted by molar-refractivity contribution is 0.00100. The standard InChI is InChI=1S/C13H26/c1-7-11-8-10(2)12(3,4)9-13(11,5)6/h10-11H,7-9H2,1-6H3. The van der Waals surface area contributed by atoms with Crippen molar-refractivity contribution in [1.29, 1.82) is 0 Å². The van der Waals surface area contributed by atoms with Crippen LogP contribution in [-0.2, 0) is 0 Å². The van der Waals surface area contributed by atoms with E-state index in [0.29, 0.717) is 10.8 Å². The van der Waals surface area contributed by atoms with Crippen LogP contribution in [0.3, 0.4) is 0 Å². The van der Waals surface area contributed by atoms with E-state index < -0.39 is 0 Å². The maximum Gasteiger partial charge on any atom is -0.0321 e. The Morgan fingerprint density at radius 2 is 1.62 bits per heavy atom. The van der Waals surface area contributed by atoms with Crippen molar-refractivity contribution in [2.45, 2.75) is 60.8 Å².